The second kappa shape index (κ2) is 8.47. The predicted molar refractivity (Wildman–Crippen MR) is 101 cm³/mol. The van der Waals surface area contributed by atoms with Crippen LogP contribution in [0.1, 0.15) is 42.8 Å². The van der Waals surface area contributed by atoms with Crippen LogP contribution in [0.5, 0.6) is 5.75 Å². The fourth-order valence-electron chi connectivity index (χ4n) is 3.40. The highest BCUT2D eigenvalue weighted by atomic mass is 19.4. The van der Waals surface area contributed by atoms with E-state index in [1.165, 1.54) is 25.3 Å². The van der Waals surface area contributed by atoms with E-state index >= 15 is 0 Å². The monoisotopic (exact) mass is 398 g/mol. The molecule has 1 aromatic carbocycles. The van der Waals surface area contributed by atoms with E-state index in [9.17, 15) is 17.6 Å². The first-order valence-electron chi connectivity index (χ1n) is 9.00. The molecule has 0 amide bonds. The zero-order chi connectivity index (χ0) is 21.1. The Morgan fingerprint density at radius 1 is 1.07 bits per heavy atom. The third-order valence-electron chi connectivity index (χ3n) is 4.69. The second-order valence-electron chi connectivity index (χ2n) is 7.67. The number of hydrogen-bond donors (Lipinski definition) is 1. The number of nitrogens with one attached hydrogen (secondary N) is 1. The van der Waals surface area contributed by atoms with Gasteiger partial charge < -0.3 is 10.1 Å². The number of hydrogen-bond acceptors (Lipinski definition) is 3. The lowest BCUT2D eigenvalue weighted by Crippen LogP contribution is -2.45. The van der Waals surface area contributed by atoms with Crippen molar-refractivity contribution >= 4 is 0 Å². The molecule has 0 saturated heterocycles. The highest BCUT2D eigenvalue weighted by Gasteiger charge is 2.43. The third-order valence-corrected chi connectivity index (χ3v) is 4.69. The van der Waals surface area contributed by atoms with Gasteiger partial charge >= 0.3 is 6.18 Å². The Hall–Kier alpha value is -2.15. The Kier molecular flexibility index (Phi) is 6.70. The zero-order valence-corrected chi connectivity index (χ0v) is 16.7. The fourth-order valence-corrected chi connectivity index (χ4v) is 3.40. The summed E-state index contributed by atoms with van der Waals surface area (Å²) in [6, 6.07) is 5.66. The number of aryl methyl sites for hydroxylation is 2. The van der Waals surface area contributed by atoms with Crippen LogP contribution >= 0.6 is 0 Å². The quantitative estimate of drug-likeness (QED) is 0.648. The Bertz CT molecular complexity index is 798. The van der Waals surface area contributed by atoms with Gasteiger partial charge in [0.25, 0.3) is 0 Å². The van der Waals surface area contributed by atoms with Crippen LogP contribution in [0, 0.1) is 19.7 Å². The van der Waals surface area contributed by atoms with Crippen LogP contribution < -0.4 is 10.1 Å². The van der Waals surface area contributed by atoms with Gasteiger partial charge in [-0.15, -0.1) is 0 Å². The van der Waals surface area contributed by atoms with Crippen molar-refractivity contribution in [2.75, 3.05) is 7.11 Å². The first-order chi connectivity index (χ1) is 12.9. The molecule has 7 heteroatoms. The van der Waals surface area contributed by atoms with Gasteiger partial charge in [-0.2, -0.15) is 13.2 Å². The summed E-state index contributed by atoms with van der Waals surface area (Å²) >= 11 is 0. The average Bonchev–Trinajstić information content (AvgIpc) is 2.56. The lowest BCUT2D eigenvalue weighted by Gasteiger charge is -2.33. The molecule has 0 aliphatic rings. The first kappa shape index (κ1) is 22.1. The lowest BCUT2D eigenvalue weighted by atomic mass is 9.78. The van der Waals surface area contributed by atoms with Gasteiger partial charge in [-0.25, -0.2) is 4.39 Å². The number of benzene rings is 1. The van der Waals surface area contributed by atoms with Crippen molar-refractivity contribution in [1.82, 2.24) is 10.3 Å². The minimum atomic E-state index is -4.45. The zero-order valence-electron chi connectivity index (χ0n) is 16.7. The van der Waals surface area contributed by atoms with Gasteiger partial charge in [0.2, 0.25) is 0 Å². The first-order valence-corrected chi connectivity index (χ1v) is 9.00. The normalized spacial score (nSPS) is 13.5. The molecular weight excluding hydrogens is 372 g/mol. The molecule has 0 spiro atoms. The third kappa shape index (κ3) is 5.67. The van der Waals surface area contributed by atoms with Gasteiger partial charge in [0.05, 0.1) is 7.11 Å². The molecular formula is C21H26F4N2O. The highest BCUT2D eigenvalue weighted by Crippen LogP contribution is 2.38. The molecule has 0 radical (unpaired) electrons. The van der Waals surface area contributed by atoms with Crippen LogP contribution in [0.25, 0.3) is 0 Å². The summed E-state index contributed by atoms with van der Waals surface area (Å²) in [5, 5.41) is 2.62. The summed E-state index contributed by atoms with van der Waals surface area (Å²) in [5.74, 6) is -0.143. The van der Waals surface area contributed by atoms with E-state index in [1.807, 2.05) is 0 Å². The summed E-state index contributed by atoms with van der Waals surface area (Å²) in [4.78, 5) is 4.24. The Labute approximate surface area is 163 Å². The molecule has 1 atom stereocenters. The Balaban J connectivity index is 2.25. The van der Waals surface area contributed by atoms with Crippen LogP contribution in [-0.2, 0) is 12.0 Å². The van der Waals surface area contributed by atoms with Crippen molar-refractivity contribution in [3.63, 3.8) is 0 Å². The van der Waals surface area contributed by atoms with Crippen LogP contribution in [0.3, 0.4) is 0 Å². The number of methoxy groups -OCH3 is 1. The Morgan fingerprint density at radius 2 is 1.68 bits per heavy atom. The maximum atomic E-state index is 13.7. The van der Waals surface area contributed by atoms with Crippen molar-refractivity contribution in [2.24, 2.45) is 0 Å². The fraction of sp³-hybridized carbons (Fsp3) is 0.476. The number of nitrogens with zero attached hydrogens (tertiary/aromatic N) is 1. The topological polar surface area (TPSA) is 34.1 Å². The molecule has 1 N–H and O–H groups in total. The molecule has 0 aliphatic heterocycles. The minimum absolute atomic E-state index is 0.0603. The van der Waals surface area contributed by atoms with Crippen LogP contribution in [-0.4, -0.2) is 24.3 Å². The minimum Gasteiger partial charge on any atom is -0.496 e. The molecule has 0 aliphatic carbocycles. The maximum absolute atomic E-state index is 13.7. The van der Waals surface area contributed by atoms with Crippen molar-refractivity contribution in [1.29, 1.82) is 0 Å². The second-order valence-corrected chi connectivity index (χ2v) is 7.67. The smallest absolute Gasteiger partial charge is 0.403 e. The van der Waals surface area contributed by atoms with Crippen molar-refractivity contribution < 1.29 is 22.3 Å². The number of rotatable bonds is 7. The number of halogens is 4. The van der Waals surface area contributed by atoms with E-state index in [4.69, 9.17) is 4.74 Å². The summed E-state index contributed by atoms with van der Waals surface area (Å²) in [6.07, 6.45) is -4.71. The molecule has 2 aromatic rings. The van der Waals surface area contributed by atoms with E-state index in [1.54, 1.807) is 39.8 Å². The predicted octanol–water partition coefficient (Wildman–Crippen LogP) is 5.23. The molecule has 1 aromatic heterocycles. The molecule has 2 rings (SSSR count). The number of pyridine rings is 1. The Morgan fingerprint density at radius 3 is 2.21 bits per heavy atom. The average molecular weight is 398 g/mol. The van der Waals surface area contributed by atoms with Gasteiger partial charge in [0.1, 0.15) is 17.6 Å². The van der Waals surface area contributed by atoms with Crippen LogP contribution in [0.2, 0.25) is 0 Å². The lowest BCUT2D eigenvalue weighted by molar-refractivity contribution is -0.160. The van der Waals surface area contributed by atoms with Gasteiger partial charge in [0.15, 0.2) is 0 Å². The number of ether oxygens (including phenoxy) is 1. The molecule has 0 saturated carbocycles. The van der Waals surface area contributed by atoms with Crippen molar-refractivity contribution in [3.8, 4) is 5.75 Å². The number of aromatic nitrogens is 1. The maximum Gasteiger partial charge on any atom is 0.403 e. The van der Waals surface area contributed by atoms with Gasteiger partial charge in [-0.1, -0.05) is 13.8 Å². The van der Waals surface area contributed by atoms with Gasteiger partial charge in [-0.3, -0.25) is 4.98 Å². The van der Waals surface area contributed by atoms with Crippen LogP contribution in [0.15, 0.2) is 30.3 Å². The summed E-state index contributed by atoms with van der Waals surface area (Å²) in [5.41, 5.74) is 1.68. The SMILES string of the molecule is COc1ccc(F)cc1C(C)(C)CC(NCc1cc(C)nc(C)c1)C(F)(F)F. The molecule has 1 heterocycles. The summed E-state index contributed by atoms with van der Waals surface area (Å²) in [6.45, 7) is 6.98. The number of alkyl halides is 3. The highest BCUT2D eigenvalue weighted by molar-refractivity contribution is 5.39. The van der Waals surface area contributed by atoms with Gasteiger partial charge in [0, 0.05) is 23.5 Å². The molecule has 1 unspecified atom stereocenters. The molecule has 154 valence electrons. The van der Waals surface area contributed by atoms with E-state index in [2.05, 4.69) is 10.3 Å². The molecule has 3 nitrogen and oxygen atoms in total. The van der Waals surface area contributed by atoms with E-state index in [0.29, 0.717) is 11.3 Å². The van der Waals surface area contributed by atoms with E-state index in [0.717, 1.165) is 17.0 Å². The van der Waals surface area contributed by atoms with Crippen LogP contribution in [0.4, 0.5) is 17.6 Å². The largest absolute Gasteiger partial charge is 0.496 e. The molecule has 28 heavy (non-hydrogen) atoms. The standard InChI is InChI=1S/C21H26F4N2O/c1-13-8-15(9-14(2)27-13)12-26-19(21(23,24)25)11-20(3,4)17-10-16(22)6-7-18(17)28-5/h6-10,19,26H,11-12H2,1-5H3. The van der Waals surface area contributed by atoms with Crippen molar-refractivity contribution in [3.05, 3.63) is 58.7 Å². The summed E-state index contributed by atoms with van der Waals surface area (Å²) < 4.78 is 60.1. The van der Waals surface area contributed by atoms with E-state index in [-0.39, 0.29) is 13.0 Å². The summed E-state index contributed by atoms with van der Waals surface area (Å²) in [7, 11) is 1.42. The molecule has 0 bridgehead atoms. The van der Waals surface area contributed by atoms with Gasteiger partial charge in [-0.05, 0) is 61.6 Å². The van der Waals surface area contributed by atoms with E-state index < -0.39 is 23.5 Å². The molecule has 0 fully saturated rings. The van der Waals surface area contributed by atoms with Crippen molar-refractivity contribution in [2.45, 2.75) is 58.3 Å².